The molecule has 0 unspecified atom stereocenters. The van der Waals surface area contributed by atoms with Crippen LogP contribution >= 0.6 is 0 Å². The number of benzene rings is 1. The van der Waals surface area contributed by atoms with Gasteiger partial charge >= 0.3 is 0 Å². The molecule has 0 spiro atoms. The molecular formula is C12H13NO4. The van der Waals surface area contributed by atoms with Crippen molar-refractivity contribution < 1.29 is 19.1 Å². The maximum Gasteiger partial charge on any atom is 0.258 e. The van der Waals surface area contributed by atoms with Gasteiger partial charge in [0, 0.05) is 18.1 Å². The number of fused-ring (bicyclic) bond motifs is 1. The second-order valence-corrected chi connectivity index (χ2v) is 3.73. The van der Waals surface area contributed by atoms with Crippen LogP contribution in [-0.4, -0.2) is 26.0 Å². The number of carbonyl (C=O) groups excluding carboxylic acids is 2. The first-order valence-corrected chi connectivity index (χ1v) is 5.24. The highest BCUT2D eigenvalue weighted by Gasteiger charge is 2.23. The summed E-state index contributed by atoms with van der Waals surface area (Å²) in [5.74, 6) is 0.432. The Morgan fingerprint density at radius 3 is 2.53 bits per heavy atom. The van der Waals surface area contributed by atoms with Crippen LogP contribution in [0.2, 0.25) is 0 Å². The molecule has 5 heteroatoms. The zero-order chi connectivity index (χ0) is 12.4. The normalized spacial score (nSPS) is 14.7. The van der Waals surface area contributed by atoms with Crippen LogP contribution in [0.5, 0.6) is 11.5 Å². The third-order valence-corrected chi connectivity index (χ3v) is 2.74. The Balaban J connectivity index is 2.57. The lowest BCUT2D eigenvalue weighted by Gasteiger charge is -2.12. The summed E-state index contributed by atoms with van der Waals surface area (Å²) in [7, 11) is 3.04. The molecule has 1 aromatic rings. The molecule has 1 aromatic carbocycles. The number of carbonyl (C=O) groups is 2. The van der Waals surface area contributed by atoms with Crippen molar-refractivity contribution >= 4 is 11.8 Å². The fourth-order valence-electron chi connectivity index (χ4n) is 1.88. The average Bonchev–Trinajstić information content (AvgIpc) is 2.48. The van der Waals surface area contributed by atoms with E-state index in [0.717, 1.165) is 5.56 Å². The molecule has 1 heterocycles. The van der Waals surface area contributed by atoms with Crippen molar-refractivity contribution in [3.8, 4) is 11.5 Å². The van der Waals surface area contributed by atoms with Crippen molar-refractivity contribution in [2.45, 2.75) is 12.8 Å². The molecule has 0 radical (unpaired) electrons. The van der Waals surface area contributed by atoms with Gasteiger partial charge in [0.05, 0.1) is 19.8 Å². The second-order valence-electron chi connectivity index (χ2n) is 3.73. The van der Waals surface area contributed by atoms with Gasteiger partial charge in [0.15, 0.2) is 0 Å². The zero-order valence-electron chi connectivity index (χ0n) is 9.70. The lowest BCUT2D eigenvalue weighted by atomic mass is 10.0. The molecule has 0 aliphatic carbocycles. The van der Waals surface area contributed by atoms with Crippen LogP contribution in [0.25, 0.3) is 0 Å². The SMILES string of the molecule is COc1cc(OC)c2c(c1)C(=O)NC(=O)CC2. The van der Waals surface area contributed by atoms with Crippen molar-refractivity contribution in [1.29, 1.82) is 0 Å². The minimum Gasteiger partial charge on any atom is -0.497 e. The summed E-state index contributed by atoms with van der Waals surface area (Å²) in [6.45, 7) is 0. The molecule has 0 saturated heterocycles. The first-order chi connectivity index (χ1) is 8.15. The van der Waals surface area contributed by atoms with E-state index in [1.807, 2.05) is 0 Å². The standard InChI is InChI=1S/C12H13NO4/c1-16-7-5-9-8(10(6-7)17-2)3-4-11(14)13-12(9)15/h5-6H,3-4H2,1-2H3,(H,13,14,15). The van der Waals surface area contributed by atoms with Crippen LogP contribution in [0.4, 0.5) is 0 Å². The van der Waals surface area contributed by atoms with E-state index < -0.39 is 5.91 Å². The van der Waals surface area contributed by atoms with Gasteiger partial charge in [-0.25, -0.2) is 0 Å². The number of methoxy groups -OCH3 is 2. The number of hydrogen-bond donors (Lipinski definition) is 1. The quantitative estimate of drug-likeness (QED) is 0.774. The fourth-order valence-corrected chi connectivity index (χ4v) is 1.88. The van der Waals surface area contributed by atoms with Gasteiger partial charge in [0.2, 0.25) is 5.91 Å². The minimum absolute atomic E-state index is 0.271. The van der Waals surface area contributed by atoms with E-state index in [-0.39, 0.29) is 12.3 Å². The molecular weight excluding hydrogens is 222 g/mol. The first kappa shape index (κ1) is 11.4. The van der Waals surface area contributed by atoms with Gasteiger partial charge in [-0.2, -0.15) is 0 Å². The topological polar surface area (TPSA) is 64.6 Å². The largest absolute Gasteiger partial charge is 0.497 e. The van der Waals surface area contributed by atoms with Gasteiger partial charge in [-0.1, -0.05) is 0 Å². The van der Waals surface area contributed by atoms with E-state index in [9.17, 15) is 9.59 Å². The predicted molar refractivity (Wildman–Crippen MR) is 60.3 cm³/mol. The summed E-state index contributed by atoms with van der Waals surface area (Å²) >= 11 is 0. The average molecular weight is 235 g/mol. The molecule has 1 aliphatic heterocycles. The van der Waals surface area contributed by atoms with E-state index in [1.165, 1.54) is 14.2 Å². The van der Waals surface area contributed by atoms with E-state index in [2.05, 4.69) is 5.32 Å². The monoisotopic (exact) mass is 235 g/mol. The van der Waals surface area contributed by atoms with E-state index >= 15 is 0 Å². The Kier molecular flexibility index (Phi) is 2.99. The highest BCUT2D eigenvalue weighted by Crippen LogP contribution is 2.30. The lowest BCUT2D eigenvalue weighted by Crippen LogP contribution is -2.28. The maximum absolute atomic E-state index is 11.8. The maximum atomic E-state index is 11.8. The van der Waals surface area contributed by atoms with E-state index in [1.54, 1.807) is 12.1 Å². The number of amides is 2. The summed E-state index contributed by atoms with van der Waals surface area (Å²) < 4.78 is 10.3. The van der Waals surface area contributed by atoms with Crippen LogP contribution in [0, 0.1) is 0 Å². The lowest BCUT2D eigenvalue weighted by molar-refractivity contribution is -0.119. The number of hydrogen-bond acceptors (Lipinski definition) is 4. The summed E-state index contributed by atoms with van der Waals surface area (Å²) in [5, 5.41) is 2.31. The van der Waals surface area contributed by atoms with E-state index in [0.29, 0.717) is 23.5 Å². The molecule has 1 N–H and O–H groups in total. The predicted octanol–water partition coefficient (Wildman–Crippen LogP) is 0.906. The Hall–Kier alpha value is -2.04. The van der Waals surface area contributed by atoms with Gasteiger partial charge in [0.25, 0.3) is 5.91 Å². The molecule has 2 amide bonds. The smallest absolute Gasteiger partial charge is 0.258 e. The molecule has 1 aliphatic rings. The van der Waals surface area contributed by atoms with Gasteiger partial charge < -0.3 is 9.47 Å². The molecule has 90 valence electrons. The Labute approximate surface area is 98.7 Å². The summed E-state index contributed by atoms with van der Waals surface area (Å²) in [4.78, 5) is 23.1. The van der Waals surface area contributed by atoms with Gasteiger partial charge in [0.1, 0.15) is 11.5 Å². The van der Waals surface area contributed by atoms with E-state index in [4.69, 9.17) is 9.47 Å². The Morgan fingerprint density at radius 2 is 1.88 bits per heavy atom. The summed E-state index contributed by atoms with van der Waals surface area (Å²) in [6, 6.07) is 3.33. The van der Waals surface area contributed by atoms with Crippen molar-refractivity contribution in [3.05, 3.63) is 23.3 Å². The molecule has 0 aromatic heterocycles. The zero-order valence-corrected chi connectivity index (χ0v) is 9.70. The summed E-state index contributed by atoms with van der Waals surface area (Å²) in [6.07, 6.45) is 0.765. The summed E-state index contributed by atoms with van der Waals surface area (Å²) in [5.41, 5.74) is 1.18. The number of nitrogens with one attached hydrogen (secondary N) is 1. The molecule has 2 rings (SSSR count). The number of imide groups is 1. The van der Waals surface area contributed by atoms with Crippen LogP contribution in [0.1, 0.15) is 22.3 Å². The van der Waals surface area contributed by atoms with Crippen LogP contribution < -0.4 is 14.8 Å². The minimum atomic E-state index is -0.403. The molecule has 0 atom stereocenters. The Bertz CT molecular complexity index is 482. The van der Waals surface area contributed by atoms with Crippen molar-refractivity contribution in [3.63, 3.8) is 0 Å². The second kappa shape index (κ2) is 4.45. The van der Waals surface area contributed by atoms with Gasteiger partial charge in [-0.05, 0) is 12.5 Å². The van der Waals surface area contributed by atoms with Crippen LogP contribution in [0.3, 0.4) is 0 Å². The van der Waals surface area contributed by atoms with Crippen molar-refractivity contribution in [2.24, 2.45) is 0 Å². The third kappa shape index (κ3) is 2.08. The number of rotatable bonds is 2. The molecule has 0 saturated carbocycles. The molecule has 0 fully saturated rings. The Morgan fingerprint density at radius 1 is 1.12 bits per heavy atom. The highest BCUT2D eigenvalue weighted by molar-refractivity contribution is 6.07. The van der Waals surface area contributed by atoms with Crippen LogP contribution in [-0.2, 0) is 11.2 Å². The van der Waals surface area contributed by atoms with Gasteiger partial charge in [-0.15, -0.1) is 0 Å². The van der Waals surface area contributed by atoms with Gasteiger partial charge in [-0.3, -0.25) is 14.9 Å². The third-order valence-electron chi connectivity index (χ3n) is 2.74. The first-order valence-electron chi connectivity index (χ1n) is 5.24. The van der Waals surface area contributed by atoms with Crippen molar-refractivity contribution in [1.82, 2.24) is 5.32 Å². The van der Waals surface area contributed by atoms with Crippen molar-refractivity contribution in [2.75, 3.05) is 14.2 Å². The molecule has 5 nitrogen and oxygen atoms in total. The van der Waals surface area contributed by atoms with Crippen LogP contribution in [0.15, 0.2) is 12.1 Å². The fraction of sp³-hybridized carbons (Fsp3) is 0.333. The number of ether oxygens (including phenoxy) is 2. The highest BCUT2D eigenvalue weighted by atomic mass is 16.5. The molecule has 0 bridgehead atoms. The molecule has 17 heavy (non-hydrogen) atoms.